The second-order valence-electron chi connectivity index (χ2n) is 8.51. The molecule has 0 saturated heterocycles. The monoisotopic (exact) mass is 570 g/mol. The number of H-pyrrole nitrogens is 1. The smallest absolute Gasteiger partial charge is 0.272 e. The third-order valence-corrected chi connectivity index (χ3v) is 6.90. The van der Waals surface area contributed by atoms with E-state index in [2.05, 4.69) is 36.6 Å². The standard InChI is InChI=1S/C28H20BrClN6O/c29-21-16-32-36-26(14-24(35-27(21)36)20-9-2-3-10-22(20)30)31-15-17-6-5-8-19(12-17)33-28(37)25-13-18-7-1-4-11-23(18)34-25/h1-14,16,31,34H,15H2,(H,33,37). The predicted octanol–water partition coefficient (Wildman–Crippen LogP) is 7.16. The summed E-state index contributed by atoms with van der Waals surface area (Å²) < 4.78 is 2.53. The average Bonchev–Trinajstić information content (AvgIpc) is 3.52. The van der Waals surface area contributed by atoms with Gasteiger partial charge in [0, 0.05) is 39.8 Å². The number of aromatic nitrogens is 4. The molecule has 0 fully saturated rings. The van der Waals surface area contributed by atoms with Gasteiger partial charge in [-0.25, -0.2) is 4.98 Å². The van der Waals surface area contributed by atoms with Crippen molar-refractivity contribution in [3.63, 3.8) is 0 Å². The van der Waals surface area contributed by atoms with Gasteiger partial charge in [-0.05, 0) is 51.8 Å². The molecular formula is C28H20BrClN6O. The molecule has 0 atom stereocenters. The minimum absolute atomic E-state index is 0.192. The Morgan fingerprint density at radius 1 is 1.00 bits per heavy atom. The van der Waals surface area contributed by atoms with Crippen molar-refractivity contribution in [1.29, 1.82) is 0 Å². The number of amides is 1. The van der Waals surface area contributed by atoms with Gasteiger partial charge in [0.2, 0.25) is 0 Å². The molecule has 37 heavy (non-hydrogen) atoms. The van der Waals surface area contributed by atoms with Crippen molar-refractivity contribution >= 4 is 61.5 Å². The molecule has 6 rings (SSSR count). The molecule has 3 aromatic heterocycles. The Kier molecular flexibility index (Phi) is 6.12. The van der Waals surface area contributed by atoms with Crippen molar-refractivity contribution in [3.8, 4) is 11.3 Å². The number of benzene rings is 3. The van der Waals surface area contributed by atoms with Crippen LogP contribution in [0, 0.1) is 0 Å². The van der Waals surface area contributed by atoms with Gasteiger partial charge in [0.05, 0.1) is 16.4 Å². The molecule has 0 aliphatic carbocycles. The van der Waals surface area contributed by atoms with E-state index in [0.29, 0.717) is 28.6 Å². The maximum Gasteiger partial charge on any atom is 0.272 e. The van der Waals surface area contributed by atoms with E-state index in [0.717, 1.165) is 38.0 Å². The lowest BCUT2D eigenvalue weighted by Gasteiger charge is -2.12. The van der Waals surface area contributed by atoms with Crippen LogP contribution < -0.4 is 10.6 Å². The number of anilines is 2. The predicted molar refractivity (Wildman–Crippen MR) is 151 cm³/mol. The molecule has 0 radical (unpaired) electrons. The molecule has 182 valence electrons. The average molecular weight is 572 g/mol. The minimum atomic E-state index is -0.192. The van der Waals surface area contributed by atoms with Crippen LogP contribution in [-0.2, 0) is 6.54 Å². The Labute approximate surface area is 225 Å². The van der Waals surface area contributed by atoms with Crippen LogP contribution in [0.3, 0.4) is 0 Å². The Bertz CT molecular complexity index is 1740. The molecule has 9 heteroatoms. The molecule has 1 amide bonds. The third kappa shape index (κ3) is 4.69. The van der Waals surface area contributed by atoms with Gasteiger partial charge in [-0.15, -0.1) is 0 Å². The molecule has 0 bridgehead atoms. The van der Waals surface area contributed by atoms with Gasteiger partial charge in [0.25, 0.3) is 5.91 Å². The van der Waals surface area contributed by atoms with Crippen molar-refractivity contribution < 1.29 is 4.79 Å². The topological polar surface area (TPSA) is 87.1 Å². The number of rotatable bonds is 6. The van der Waals surface area contributed by atoms with Crippen LogP contribution in [0.4, 0.5) is 11.5 Å². The first-order valence-electron chi connectivity index (χ1n) is 11.6. The second-order valence-corrected chi connectivity index (χ2v) is 9.77. The van der Waals surface area contributed by atoms with Gasteiger partial charge < -0.3 is 15.6 Å². The molecule has 0 spiro atoms. The fourth-order valence-corrected chi connectivity index (χ4v) is 4.80. The number of nitrogens with zero attached hydrogens (tertiary/aromatic N) is 3. The van der Waals surface area contributed by atoms with E-state index in [1.807, 2.05) is 84.9 Å². The highest BCUT2D eigenvalue weighted by Gasteiger charge is 2.14. The minimum Gasteiger partial charge on any atom is -0.366 e. The SMILES string of the molecule is O=C(Nc1cccc(CNc2cc(-c3ccccc3Cl)nc3c(Br)cnn23)c1)c1cc2ccccc2[nH]1. The van der Waals surface area contributed by atoms with Crippen LogP contribution in [0.5, 0.6) is 0 Å². The van der Waals surface area contributed by atoms with E-state index in [1.54, 1.807) is 10.7 Å². The Balaban J connectivity index is 1.24. The Hall–Kier alpha value is -4.14. The molecule has 0 aliphatic rings. The van der Waals surface area contributed by atoms with Gasteiger partial charge in [-0.1, -0.05) is 60.1 Å². The zero-order chi connectivity index (χ0) is 25.4. The summed E-state index contributed by atoms with van der Waals surface area (Å²) >= 11 is 9.98. The molecule has 0 unspecified atom stereocenters. The number of nitrogens with one attached hydrogen (secondary N) is 3. The van der Waals surface area contributed by atoms with Gasteiger partial charge in [0.15, 0.2) is 5.65 Å². The van der Waals surface area contributed by atoms with E-state index < -0.39 is 0 Å². The lowest BCUT2D eigenvalue weighted by atomic mass is 10.1. The fourth-order valence-electron chi connectivity index (χ4n) is 4.21. The highest BCUT2D eigenvalue weighted by Crippen LogP contribution is 2.30. The summed E-state index contributed by atoms with van der Waals surface area (Å²) in [6.45, 7) is 0.509. The van der Waals surface area contributed by atoms with Crippen LogP contribution in [0.1, 0.15) is 16.1 Å². The van der Waals surface area contributed by atoms with E-state index in [1.165, 1.54) is 0 Å². The normalized spacial score (nSPS) is 11.2. The lowest BCUT2D eigenvalue weighted by Crippen LogP contribution is -2.12. The van der Waals surface area contributed by atoms with Gasteiger partial charge in [0.1, 0.15) is 11.5 Å². The Morgan fingerprint density at radius 2 is 1.84 bits per heavy atom. The molecule has 6 aromatic rings. The molecule has 0 saturated carbocycles. The summed E-state index contributed by atoms with van der Waals surface area (Å²) in [6, 6.07) is 26.9. The summed E-state index contributed by atoms with van der Waals surface area (Å²) in [7, 11) is 0. The van der Waals surface area contributed by atoms with E-state index in [9.17, 15) is 4.79 Å². The van der Waals surface area contributed by atoms with Crippen LogP contribution in [-0.4, -0.2) is 25.5 Å². The maximum atomic E-state index is 12.8. The molecular weight excluding hydrogens is 552 g/mol. The molecule has 3 N–H and O–H groups in total. The number of halogens is 2. The summed E-state index contributed by atoms with van der Waals surface area (Å²) in [5.41, 5.74) is 5.40. The first kappa shape index (κ1) is 23.3. The van der Waals surface area contributed by atoms with Crippen LogP contribution in [0.2, 0.25) is 5.02 Å². The summed E-state index contributed by atoms with van der Waals surface area (Å²) in [6.07, 6.45) is 1.71. The third-order valence-electron chi connectivity index (χ3n) is 6.01. The van der Waals surface area contributed by atoms with Gasteiger partial charge >= 0.3 is 0 Å². The lowest BCUT2D eigenvalue weighted by molar-refractivity contribution is 0.102. The zero-order valence-electron chi connectivity index (χ0n) is 19.4. The van der Waals surface area contributed by atoms with Crippen molar-refractivity contribution in [2.75, 3.05) is 10.6 Å². The zero-order valence-corrected chi connectivity index (χ0v) is 21.7. The van der Waals surface area contributed by atoms with E-state index >= 15 is 0 Å². The first-order chi connectivity index (χ1) is 18.0. The van der Waals surface area contributed by atoms with Crippen molar-refractivity contribution in [1.82, 2.24) is 19.6 Å². The number of aromatic amines is 1. The molecule has 0 aliphatic heterocycles. The van der Waals surface area contributed by atoms with Crippen LogP contribution in [0.25, 0.3) is 27.8 Å². The quantitative estimate of drug-likeness (QED) is 0.198. The summed E-state index contributed by atoms with van der Waals surface area (Å²) in [5, 5.41) is 12.5. The number of carbonyl (C=O) groups is 1. The van der Waals surface area contributed by atoms with Crippen molar-refractivity contribution in [2.45, 2.75) is 6.54 Å². The highest BCUT2D eigenvalue weighted by molar-refractivity contribution is 9.10. The number of fused-ring (bicyclic) bond motifs is 2. The number of carbonyl (C=O) groups excluding carboxylic acids is 1. The number of para-hydroxylation sites is 1. The number of hydrogen-bond acceptors (Lipinski definition) is 4. The van der Waals surface area contributed by atoms with E-state index in [4.69, 9.17) is 16.6 Å². The van der Waals surface area contributed by atoms with Crippen LogP contribution >= 0.6 is 27.5 Å². The van der Waals surface area contributed by atoms with Gasteiger partial charge in [-0.2, -0.15) is 9.61 Å². The van der Waals surface area contributed by atoms with E-state index in [-0.39, 0.29) is 5.91 Å². The fraction of sp³-hybridized carbons (Fsp3) is 0.0357. The van der Waals surface area contributed by atoms with Crippen molar-refractivity contribution in [2.24, 2.45) is 0 Å². The summed E-state index contributed by atoms with van der Waals surface area (Å²) in [5.74, 6) is 0.570. The largest absolute Gasteiger partial charge is 0.366 e. The highest BCUT2D eigenvalue weighted by atomic mass is 79.9. The number of hydrogen-bond donors (Lipinski definition) is 3. The molecule has 3 aromatic carbocycles. The van der Waals surface area contributed by atoms with Crippen molar-refractivity contribution in [3.05, 3.63) is 112 Å². The second kappa shape index (κ2) is 9.72. The van der Waals surface area contributed by atoms with Crippen LogP contribution in [0.15, 0.2) is 95.6 Å². The molecule has 7 nitrogen and oxygen atoms in total. The maximum absolute atomic E-state index is 12.8. The molecule has 3 heterocycles. The summed E-state index contributed by atoms with van der Waals surface area (Å²) in [4.78, 5) is 20.7. The van der Waals surface area contributed by atoms with Gasteiger partial charge in [-0.3, -0.25) is 4.79 Å². The Morgan fingerprint density at radius 3 is 2.70 bits per heavy atom. The first-order valence-corrected chi connectivity index (χ1v) is 12.7.